The van der Waals surface area contributed by atoms with Gasteiger partial charge in [-0.3, -0.25) is 4.79 Å². The summed E-state index contributed by atoms with van der Waals surface area (Å²) in [6, 6.07) is 7.49. The molecule has 7 heteroatoms. The van der Waals surface area contributed by atoms with E-state index in [4.69, 9.17) is 17.3 Å². The molecule has 0 spiro atoms. The third-order valence-corrected chi connectivity index (χ3v) is 5.44. The lowest BCUT2D eigenvalue weighted by Gasteiger charge is -2.30. The predicted octanol–water partition coefficient (Wildman–Crippen LogP) is 3.89. The molecule has 1 amide bonds. The molecule has 0 saturated heterocycles. The topological polar surface area (TPSA) is 72.9 Å². The minimum Gasteiger partial charge on any atom is -0.348 e. The van der Waals surface area contributed by atoms with Crippen LogP contribution < -0.4 is 11.1 Å². The molecule has 0 bridgehead atoms. The van der Waals surface area contributed by atoms with E-state index < -0.39 is 0 Å². The van der Waals surface area contributed by atoms with Crippen LogP contribution in [-0.2, 0) is 0 Å². The Morgan fingerprint density at radius 3 is 2.69 bits per heavy atom. The van der Waals surface area contributed by atoms with Crippen molar-refractivity contribution in [3.05, 3.63) is 46.7 Å². The van der Waals surface area contributed by atoms with Gasteiger partial charge in [0.25, 0.3) is 5.91 Å². The van der Waals surface area contributed by atoms with E-state index in [9.17, 15) is 4.79 Å². The fourth-order valence-corrected chi connectivity index (χ4v) is 3.87. The molecule has 1 heterocycles. The van der Waals surface area contributed by atoms with Crippen molar-refractivity contribution in [2.45, 2.75) is 45.1 Å². The van der Waals surface area contributed by atoms with E-state index in [1.807, 2.05) is 31.2 Å². The first-order valence-electron chi connectivity index (χ1n) is 8.92. The van der Waals surface area contributed by atoms with Crippen LogP contribution in [0.3, 0.4) is 0 Å². The Hall–Kier alpha value is -1.56. The Balaban J connectivity index is 0.00000243. The third kappa shape index (κ3) is 4.40. The Morgan fingerprint density at radius 1 is 1.35 bits per heavy atom. The number of benzene rings is 1. The normalized spacial score (nSPS) is 16.0. The summed E-state index contributed by atoms with van der Waals surface area (Å²) in [5.41, 5.74) is 8.03. The lowest BCUT2D eigenvalue weighted by Crippen LogP contribution is -2.46. The molecule has 1 aliphatic rings. The van der Waals surface area contributed by atoms with Crippen LogP contribution in [0, 0.1) is 12.8 Å². The maximum Gasteiger partial charge on any atom is 0.255 e. The average molecular weight is 397 g/mol. The number of carbonyl (C=O) groups is 1. The van der Waals surface area contributed by atoms with Gasteiger partial charge in [-0.15, -0.1) is 12.4 Å². The molecule has 3 N–H and O–H groups in total. The van der Waals surface area contributed by atoms with Crippen LogP contribution in [0.1, 0.15) is 48.2 Å². The van der Waals surface area contributed by atoms with Gasteiger partial charge in [0.15, 0.2) is 0 Å². The van der Waals surface area contributed by atoms with E-state index in [1.54, 1.807) is 10.9 Å². The van der Waals surface area contributed by atoms with Gasteiger partial charge >= 0.3 is 0 Å². The van der Waals surface area contributed by atoms with Gasteiger partial charge in [0.05, 0.1) is 28.2 Å². The Morgan fingerprint density at radius 2 is 2.04 bits per heavy atom. The smallest absolute Gasteiger partial charge is 0.255 e. The van der Waals surface area contributed by atoms with Crippen LogP contribution in [0.2, 0.25) is 5.02 Å². The summed E-state index contributed by atoms with van der Waals surface area (Å²) in [5.74, 6) is 0.360. The number of hydrogen-bond donors (Lipinski definition) is 2. The zero-order valence-electron chi connectivity index (χ0n) is 15.0. The molecule has 2 aromatic rings. The lowest BCUT2D eigenvalue weighted by molar-refractivity contribution is 0.0915. The van der Waals surface area contributed by atoms with Crippen molar-refractivity contribution in [3.63, 3.8) is 0 Å². The van der Waals surface area contributed by atoms with Crippen LogP contribution in [0.4, 0.5) is 0 Å². The highest BCUT2D eigenvalue weighted by molar-refractivity contribution is 6.32. The number of nitrogens with two attached hydrogens (primary N) is 1. The minimum atomic E-state index is -0.114. The molecule has 26 heavy (non-hydrogen) atoms. The molecule has 1 aliphatic carbocycles. The highest BCUT2D eigenvalue weighted by atomic mass is 35.5. The van der Waals surface area contributed by atoms with Gasteiger partial charge in [0.1, 0.15) is 0 Å². The van der Waals surface area contributed by atoms with E-state index >= 15 is 0 Å². The molecule has 1 fully saturated rings. The summed E-state index contributed by atoms with van der Waals surface area (Å²) in [7, 11) is 0. The first-order chi connectivity index (χ1) is 12.1. The number of nitrogens with one attached hydrogen (secondary N) is 1. The molecule has 3 rings (SSSR count). The highest BCUT2D eigenvalue weighted by Crippen LogP contribution is 2.27. The molecular weight excluding hydrogens is 371 g/mol. The van der Waals surface area contributed by atoms with Crippen LogP contribution in [0.15, 0.2) is 30.5 Å². The largest absolute Gasteiger partial charge is 0.348 e. The summed E-state index contributed by atoms with van der Waals surface area (Å²) in [6.07, 6.45) is 7.61. The summed E-state index contributed by atoms with van der Waals surface area (Å²) in [5, 5.41) is 8.08. The van der Waals surface area contributed by atoms with Crippen LogP contribution in [-0.4, -0.2) is 28.3 Å². The zero-order chi connectivity index (χ0) is 17.8. The molecule has 1 unspecified atom stereocenters. The summed E-state index contributed by atoms with van der Waals surface area (Å²) in [4.78, 5) is 12.8. The van der Waals surface area contributed by atoms with Crippen LogP contribution in [0.5, 0.6) is 0 Å². The minimum absolute atomic E-state index is 0. The van der Waals surface area contributed by atoms with Crippen molar-refractivity contribution in [2.75, 3.05) is 6.54 Å². The van der Waals surface area contributed by atoms with Gasteiger partial charge in [-0.25, -0.2) is 4.68 Å². The molecule has 1 saturated carbocycles. The quantitative estimate of drug-likeness (QED) is 0.804. The molecule has 1 atom stereocenters. The number of carbonyl (C=O) groups excluding carboxylic acids is 1. The third-order valence-electron chi connectivity index (χ3n) is 5.12. The second kappa shape index (κ2) is 9.40. The number of nitrogens with zero attached hydrogens (tertiary/aromatic N) is 2. The van der Waals surface area contributed by atoms with Gasteiger partial charge in [-0.2, -0.15) is 5.10 Å². The highest BCUT2D eigenvalue weighted by Gasteiger charge is 2.25. The van der Waals surface area contributed by atoms with E-state index in [0.717, 1.165) is 24.2 Å². The second-order valence-electron chi connectivity index (χ2n) is 6.72. The Labute approximate surface area is 165 Å². The zero-order valence-corrected chi connectivity index (χ0v) is 16.5. The fourth-order valence-electron chi connectivity index (χ4n) is 3.65. The van der Waals surface area contributed by atoms with Crippen molar-refractivity contribution in [3.8, 4) is 5.69 Å². The first-order valence-corrected chi connectivity index (χ1v) is 9.30. The number of hydrogen-bond acceptors (Lipinski definition) is 3. The van der Waals surface area contributed by atoms with Gasteiger partial charge in [0, 0.05) is 12.6 Å². The van der Waals surface area contributed by atoms with Crippen molar-refractivity contribution in [2.24, 2.45) is 11.7 Å². The first kappa shape index (κ1) is 20.7. The molecule has 1 aromatic heterocycles. The van der Waals surface area contributed by atoms with Crippen molar-refractivity contribution in [1.29, 1.82) is 0 Å². The lowest BCUT2D eigenvalue weighted by atomic mass is 9.84. The van der Waals surface area contributed by atoms with Gasteiger partial charge in [-0.05, 0) is 37.8 Å². The Bertz CT molecular complexity index is 741. The van der Waals surface area contributed by atoms with E-state index in [-0.39, 0.29) is 24.4 Å². The van der Waals surface area contributed by atoms with E-state index in [0.29, 0.717) is 23.0 Å². The van der Waals surface area contributed by atoms with Crippen LogP contribution >= 0.6 is 24.0 Å². The summed E-state index contributed by atoms with van der Waals surface area (Å²) in [6.45, 7) is 2.34. The molecule has 142 valence electrons. The average Bonchev–Trinajstić information content (AvgIpc) is 3.02. The molecule has 1 aromatic carbocycles. The maximum absolute atomic E-state index is 12.8. The second-order valence-corrected chi connectivity index (χ2v) is 7.13. The van der Waals surface area contributed by atoms with E-state index in [2.05, 4.69) is 10.4 Å². The molecule has 0 aliphatic heterocycles. The summed E-state index contributed by atoms with van der Waals surface area (Å²) >= 11 is 6.25. The van der Waals surface area contributed by atoms with E-state index in [1.165, 1.54) is 19.3 Å². The molecule has 0 radical (unpaired) electrons. The van der Waals surface area contributed by atoms with Crippen molar-refractivity contribution >= 4 is 29.9 Å². The fraction of sp³-hybridized carbons (Fsp3) is 0.474. The number of amides is 1. The van der Waals surface area contributed by atoms with Crippen LogP contribution in [0.25, 0.3) is 5.69 Å². The number of halogens is 2. The van der Waals surface area contributed by atoms with Gasteiger partial charge in [0.2, 0.25) is 0 Å². The molecular formula is C19H26Cl2N4O. The Kier molecular flexibility index (Phi) is 7.50. The predicted molar refractivity (Wildman–Crippen MR) is 107 cm³/mol. The molecule has 5 nitrogen and oxygen atoms in total. The van der Waals surface area contributed by atoms with Gasteiger partial charge in [-0.1, -0.05) is 43.0 Å². The number of para-hydroxylation sites is 1. The number of aromatic nitrogens is 2. The SMILES string of the molecule is Cc1c(C(=O)NC(CN)C2CCCCC2)cnn1-c1ccccc1Cl.Cl. The van der Waals surface area contributed by atoms with Gasteiger partial charge < -0.3 is 11.1 Å². The monoisotopic (exact) mass is 396 g/mol. The standard InChI is InChI=1S/C19H25ClN4O.ClH/c1-13-15(12-22-24(13)18-10-6-5-9-16(18)20)19(25)23-17(11-21)14-7-3-2-4-8-14;/h5-6,9-10,12,14,17H,2-4,7-8,11,21H2,1H3,(H,23,25);1H. The summed E-state index contributed by atoms with van der Waals surface area (Å²) < 4.78 is 1.70. The van der Waals surface area contributed by atoms with Crippen molar-refractivity contribution < 1.29 is 4.79 Å². The maximum atomic E-state index is 12.8. The van der Waals surface area contributed by atoms with Crippen molar-refractivity contribution in [1.82, 2.24) is 15.1 Å². The number of rotatable bonds is 5.